The number of hydrogen-bond donors (Lipinski definition) is 3. The molecule has 3 aromatic carbocycles. The second-order valence-electron chi connectivity index (χ2n) is 14.5. The van der Waals surface area contributed by atoms with Crippen LogP contribution in [0.2, 0.25) is 0 Å². The summed E-state index contributed by atoms with van der Waals surface area (Å²) in [5, 5.41) is 0. The molecule has 278 valence electrons. The SMILES string of the molecule is C[C@H](OC(N)=O)C(=O)N1CCC[C@H]1c1ncc(-c2ccc(-c3ccc(-c4cnc([C@@H]5CCCN5C(=O)[C@@H](c5ccccc5)N5CCCC5)[nH]4)cc3)cc2)[nH]1. The highest BCUT2D eigenvalue weighted by molar-refractivity contribution is 5.84. The zero-order valence-corrected chi connectivity index (χ0v) is 30.5. The minimum Gasteiger partial charge on any atom is -0.437 e. The average Bonchev–Trinajstić information content (AvgIpc) is 4.04. The van der Waals surface area contributed by atoms with Gasteiger partial charge in [0.25, 0.3) is 5.91 Å². The largest absolute Gasteiger partial charge is 0.437 e. The van der Waals surface area contributed by atoms with Crippen LogP contribution >= 0.6 is 0 Å². The van der Waals surface area contributed by atoms with Crippen molar-refractivity contribution in [3.05, 3.63) is 108 Å². The molecule has 3 fully saturated rings. The van der Waals surface area contributed by atoms with Gasteiger partial charge in [-0.25, -0.2) is 14.8 Å². The normalized spacial score (nSPS) is 19.9. The van der Waals surface area contributed by atoms with Gasteiger partial charge in [0.15, 0.2) is 6.10 Å². The first-order chi connectivity index (χ1) is 26.3. The average molecular weight is 727 g/mol. The van der Waals surface area contributed by atoms with Gasteiger partial charge in [-0.1, -0.05) is 78.9 Å². The molecule has 4 N–H and O–H groups in total. The van der Waals surface area contributed by atoms with Crippen LogP contribution in [0, 0.1) is 0 Å². The fourth-order valence-corrected chi connectivity index (χ4v) is 8.38. The quantitative estimate of drug-likeness (QED) is 0.143. The summed E-state index contributed by atoms with van der Waals surface area (Å²) >= 11 is 0. The molecule has 0 aliphatic carbocycles. The van der Waals surface area contributed by atoms with E-state index < -0.39 is 12.2 Å². The fourth-order valence-electron chi connectivity index (χ4n) is 8.38. The van der Waals surface area contributed by atoms with Crippen molar-refractivity contribution >= 4 is 17.9 Å². The predicted molar refractivity (Wildman–Crippen MR) is 205 cm³/mol. The first-order valence-electron chi connectivity index (χ1n) is 19.0. The summed E-state index contributed by atoms with van der Waals surface area (Å²) in [7, 11) is 0. The molecule has 8 rings (SSSR count). The van der Waals surface area contributed by atoms with E-state index in [0.717, 1.165) is 103 Å². The first kappa shape index (κ1) is 35.3. The van der Waals surface area contributed by atoms with E-state index in [2.05, 4.69) is 80.5 Å². The standard InChI is InChI=1S/C42H46N8O4/c1-27(54-42(43)53)40(51)49-23-7-11-35(49)38-44-25-33(46-38)30-17-13-28(14-18-30)29-15-19-31(20-16-29)34-26-45-39(47-34)36-12-8-24-50(36)41(52)37(48-21-5-6-22-48)32-9-3-2-4-10-32/h2-4,9-10,13-20,25-27,35-37H,5-8,11-12,21-24H2,1H3,(H2,43,53)(H,44,46)(H,45,47)/t27-,35-,36-,37+/m0/s1. The number of aromatic nitrogens is 4. The van der Waals surface area contributed by atoms with E-state index in [1.807, 2.05) is 29.3 Å². The molecule has 0 saturated carbocycles. The van der Waals surface area contributed by atoms with Gasteiger partial charge in [0.2, 0.25) is 5.91 Å². The Labute approximate surface area is 314 Å². The lowest BCUT2D eigenvalue weighted by molar-refractivity contribution is -0.140. The summed E-state index contributed by atoms with van der Waals surface area (Å²) in [5.41, 5.74) is 12.2. The van der Waals surface area contributed by atoms with Crippen molar-refractivity contribution in [2.24, 2.45) is 5.73 Å². The van der Waals surface area contributed by atoms with Crippen molar-refractivity contribution in [2.45, 2.75) is 69.7 Å². The molecule has 3 aliphatic heterocycles. The number of nitrogens with zero attached hydrogens (tertiary/aromatic N) is 5. The summed E-state index contributed by atoms with van der Waals surface area (Å²) < 4.78 is 4.92. The minimum atomic E-state index is -0.968. The van der Waals surface area contributed by atoms with Gasteiger partial charge in [0.05, 0.1) is 35.9 Å². The van der Waals surface area contributed by atoms with E-state index in [4.69, 9.17) is 15.5 Å². The van der Waals surface area contributed by atoms with Gasteiger partial charge in [-0.05, 0) is 86.4 Å². The number of ether oxygens (including phenoxy) is 1. The van der Waals surface area contributed by atoms with Crippen molar-refractivity contribution in [3.63, 3.8) is 0 Å². The van der Waals surface area contributed by atoms with E-state index in [1.54, 1.807) is 11.1 Å². The minimum absolute atomic E-state index is 0.0741. The molecule has 2 aromatic heterocycles. The Balaban J connectivity index is 0.929. The van der Waals surface area contributed by atoms with Crippen molar-refractivity contribution in [2.75, 3.05) is 26.2 Å². The number of nitrogens with one attached hydrogen (secondary N) is 2. The molecule has 4 atom stereocenters. The Kier molecular flexibility index (Phi) is 10.0. The van der Waals surface area contributed by atoms with Crippen LogP contribution in [-0.2, 0) is 14.3 Å². The van der Waals surface area contributed by atoms with Crippen LogP contribution in [0.1, 0.15) is 80.8 Å². The Morgan fingerprint density at radius 1 is 0.667 bits per heavy atom. The number of amides is 3. The number of imidazole rings is 2. The first-order valence-corrected chi connectivity index (χ1v) is 19.0. The zero-order chi connectivity index (χ0) is 37.2. The molecule has 5 heterocycles. The van der Waals surface area contributed by atoms with Crippen molar-refractivity contribution in [1.29, 1.82) is 0 Å². The van der Waals surface area contributed by atoms with Crippen molar-refractivity contribution in [1.82, 2.24) is 34.6 Å². The second kappa shape index (κ2) is 15.3. The maximum atomic E-state index is 14.2. The summed E-state index contributed by atoms with van der Waals surface area (Å²) in [5.74, 6) is 1.43. The van der Waals surface area contributed by atoms with Gasteiger partial charge >= 0.3 is 6.09 Å². The molecule has 0 bridgehead atoms. The molecule has 3 aliphatic rings. The van der Waals surface area contributed by atoms with Crippen molar-refractivity contribution < 1.29 is 19.1 Å². The van der Waals surface area contributed by atoms with Gasteiger partial charge in [0.1, 0.15) is 17.7 Å². The van der Waals surface area contributed by atoms with E-state index in [9.17, 15) is 14.4 Å². The lowest BCUT2D eigenvalue weighted by Gasteiger charge is -2.33. The van der Waals surface area contributed by atoms with Crippen LogP contribution in [0.15, 0.2) is 91.3 Å². The number of nitrogens with two attached hydrogens (primary N) is 1. The molecule has 0 radical (unpaired) electrons. The van der Waals surface area contributed by atoms with E-state index in [0.29, 0.717) is 12.4 Å². The number of benzene rings is 3. The molecule has 54 heavy (non-hydrogen) atoms. The maximum absolute atomic E-state index is 14.2. The molecule has 12 heteroatoms. The second-order valence-corrected chi connectivity index (χ2v) is 14.5. The Bertz CT molecular complexity index is 2090. The summed E-state index contributed by atoms with van der Waals surface area (Å²) in [6.07, 6.45) is 7.45. The number of primary amides is 1. The summed E-state index contributed by atoms with van der Waals surface area (Å²) in [6.45, 7) is 4.73. The molecular weight excluding hydrogens is 681 g/mol. The third-order valence-electron chi connectivity index (χ3n) is 11.1. The highest BCUT2D eigenvalue weighted by Crippen LogP contribution is 2.37. The zero-order valence-electron chi connectivity index (χ0n) is 30.5. The Hall–Kier alpha value is -5.75. The van der Waals surface area contributed by atoms with Gasteiger partial charge in [0, 0.05) is 13.1 Å². The molecule has 3 saturated heterocycles. The number of aromatic amines is 2. The molecule has 5 aromatic rings. The van der Waals surface area contributed by atoms with Crippen LogP contribution < -0.4 is 5.73 Å². The molecule has 3 amide bonds. The lowest BCUT2D eigenvalue weighted by Crippen LogP contribution is -2.42. The maximum Gasteiger partial charge on any atom is 0.405 e. The number of carbonyl (C=O) groups excluding carboxylic acids is 3. The predicted octanol–water partition coefficient (Wildman–Crippen LogP) is 6.78. The molecule has 0 spiro atoms. The van der Waals surface area contributed by atoms with Crippen LogP contribution in [0.25, 0.3) is 33.6 Å². The number of carbonyl (C=O) groups is 3. The van der Waals surface area contributed by atoms with Crippen LogP contribution in [0.3, 0.4) is 0 Å². The number of H-pyrrole nitrogens is 2. The van der Waals surface area contributed by atoms with E-state index >= 15 is 0 Å². The highest BCUT2D eigenvalue weighted by atomic mass is 16.6. The van der Waals surface area contributed by atoms with Crippen LogP contribution in [0.5, 0.6) is 0 Å². The topological polar surface area (TPSA) is 154 Å². The molecule has 0 unspecified atom stereocenters. The van der Waals surface area contributed by atoms with Crippen LogP contribution in [0.4, 0.5) is 4.79 Å². The molecule has 12 nitrogen and oxygen atoms in total. The number of hydrogen-bond acceptors (Lipinski definition) is 7. The third-order valence-corrected chi connectivity index (χ3v) is 11.1. The van der Waals surface area contributed by atoms with Crippen molar-refractivity contribution in [3.8, 4) is 33.6 Å². The summed E-state index contributed by atoms with van der Waals surface area (Å²) in [6, 6.07) is 26.4. The van der Waals surface area contributed by atoms with E-state index in [-0.39, 0.29) is 29.9 Å². The Morgan fingerprint density at radius 3 is 1.65 bits per heavy atom. The van der Waals surface area contributed by atoms with E-state index in [1.165, 1.54) is 6.92 Å². The molecular formula is C42H46N8O4. The third kappa shape index (κ3) is 7.13. The number of likely N-dealkylation sites (tertiary alicyclic amines) is 3. The lowest BCUT2D eigenvalue weighted by atomic mass is 10.0. The van der Waals surface area contributed by atoms with Gasteiger partial charge in [-0.3, -0.25) is 14.5 Å². The smallest absolute Gasteiger partial charge is 0.405 e. The van der Waals surface area contributed by atoms with Crippen LogP contribution in [-0.4, -0.2) is 84.8 Å². The monoisotopic (exact) mass is 726 g/mol. The highest BCUT2D eigenvalue weighted by Gasteiger charge is 2.39. The van der Waals surface area contributed by atoms with Gasteiger partial charge < -0.3 is 30.2 Å². The Morgan fingerprint density at radius 2 is 1.15 bits per heavy atom. The van der Waals surface area contributed by atoms with Gasteiger partial charge in [-0.15, -0.1) is 0 Å². The fraction of sp³-hybridized carbons (Fsp3) is 0.357. The number of rotatable bonds is 10. The van der Waals surface area contributed by atoms with Gasteiger partial charge in [-0.2, -0.15) is 0 Å². The summed E-state index contributed by atoms with van der Waals surface area (Å²) in [4.78, 5) is 60.8.